The molecule has 0 atom stereocenters. The Hall–Kier alpha value is -1.69. The fourth-order valence-electron chi connectivity index (χ4n) is 1.88. The van der Waals surface area contributed by atoms with Crippen molar-refractivity contribution in [2.24, 2.45) is 10.1 Å². The summed E-state index contributed by atoms with van der Waals surface area (Å²) in [6, 6.07) is 3.41. The molecule has 2 rings (SSSR count). The van der Waals surface area contributed by atoms with E-state index in [-0.39, 0.29) is 5.75 Å². The second-order valence-electron chi connectivity index (χ2n) is 4.03. The number of hydrogen-bond acceptors (Lipinski definition) is 5. The molecule has 0 bridgehead atoms. The van der Waals surface area contributed by atoms with Gasteiger partial charge in [-0.15, -0.1) is 0 Å². The number of phenols is 1. The van der Waals surface area contributed by atoms with Gasteiger partial charge in [-0.3, -0.25) is 4.99 Å². The van der Waals surface area contributed by atoms with E-state index in [0.29, 0.717) is 5.69 Å². The number of aromatic nitrogens is 1. The third-order valence-corrected chi connectivity index (χ3v) is 3.96. The van der Waals surface area contributed by atoms with E-state index in [1.165, 1.54) is 0 Å². The maximum Gasteiger partial charge on any atom is 0.185 e. The van der Waals surface area contributed by atoms with Crippen LogP contribution in [0.4, 0.5) is 5.69 Å². The number of rotatable bonds is 4. The number of unbranched alkanes of at least 4 members (excludes halogenated alkanes) is 1. The van der Waals surface area contributed by atoms with Crippen molar-refractivity contribution in [3.05, 3.63) is 16.9 Å². The quantitative estimate of drug-likeness (QED) is 0.816. The molecule has 1 aromatic heterocycles. The molecule has 2 aromatic rings. The lowest BCUT2D eigenvalue weighted by atomic mass is 10.2. The van der Waals surface area contributed by atoms with Crippen LogP contribution < -0.4 is 4.80 Å². The molecule has 2 N–H and O–H groups in total. The summed E-state index contributed by atoms with van der Waals surface area (Å²) in [6.07, 6.45) is 2.18. The van der Waals surface area contributed by atoms with Crippen molar-refractivity contribution in [3.8, 4) is 5.75 Å². The Balaban J connectivity index is 2.67. The SMILES string of the molecule is CCCCn1c(=NC)sc2cc(N=N)c(O)cc21. The van der Waals surface area contributed by atoms with E-state index in [4.69, 9.17) is 5.53 Å². The fourth-order valence-corrected chi connectivity index (χ4v) is 2.92. The summed E-state index contributed by atoms with van der Waals surface area (Å²) in [5, 5.41) is 13.1. The second-order valence-corrected chi connectivity index (χ2v) is 5.04. The highest BCUT2D eigenvalue weighted by Gasteiger charge is 2.10. The van der Waals surface area contributed by atoms with E-state index in [1.54, 1.807) is 30.5 Å². The molecule has 1 aromatic carbocycles. The number of nitrogens with one attached hydrogen (secondary N) is 1. The van der Waals surface area contributed by atoms with Crippen LogP contribution in [0, 0.1) is 5.53 Å². The second kappa shape index (κ2) is 5.30. The number of phenolic OH excluding ortho intramolecular Hbond substituents is 1. The summed E-state index contributed by atoms with van der Waals surface area (Å²) in [4.78, 5) is 5.20. The molecule has 0 fully saturated rings. The normalized spacial score (nSPS) is 12.2. The van der Waals surface area contributed by atoms with Crippen LogP contribution in [0.5, 0.6) is 5.75 Å². The summed E-state index contributed by atoms with van der Waals surface area (Å²) in [5.74, 6) is 0.0446. The van der Waals surface area contributed by atoms with E-state index < -0.39 is 0 Å². The van der Waals surface area contributed by atoms with E-state index in [0.717, 1.165) is 34.4 Å². The Labute approximate surface area is 109 Å². The van der Waals surface area contributed by atoms with Gasteiger partial charge >= 0.3 is 0 Å². The Morgan fingerprint density at radius 2 is 2.22 bits per heavy atom. The number of aryl methyl sites for hydroxylation is 1. The molecule has 0 aliphatic carbocycles. The highest BCUT2D eigenvalue weighted by molar-refractivity contribution is 7.16. The first-order valence-corrected chi connectivity index (χ1v) is 6.69. The number of benzene rings is 1. The van der Waals surface area contributed by atoms with Gasteiger partial charge < -0.3 is 9.67 Å². The maximum absolute atomic E-state index is 9.79. The minimum atomic E-state index is 0.0446. The van der Waals surface area contributed by atoms with E-state index in [2.05, 4.69) is 21.6 Å². The van der Waals surface area contributed by atoms with Crippen LogP contribution >= 0.6 is 11.3 Å². The standard InChI is InChI=1S/C12H16N4OS/c1-3-4-5-16-9-7-10(17)8(15-13)6-11(9)18-12(16)14-2/h6-7,13,17H,3-5H2,1-2H3. The maximum atomic E-state index is 9.79. The third-order valence-electron chi connectivity index (χ3n) is 2.83. The molecule has 0 aliphatic heterocycles. The molecule has 0 aliphatic rings. The Morgan fingerprint density at radius 3 is 2.83 bits per heavy atom. The number of nitrogens with zero attached hydrogens (tertiary/aromatic N) is 3. The Bertz CT molecular complexity index is 641. The third kappa shape index (κ3) is 2.15. The zero-order chi connectivity index (χ0) is 13.1. The lowest BCUT2D eigenvalue weighted by Gasteiger charge is -2.04. The molecule has 0 saturated carbocycles. The van der Waals surface area contributed by atoms with Gasteiger partial charge in [0, 0.05) is 19.7 Å². The first-order valence-electron chi connectivity index (χ1n) is 5.88. The number of hydrogen-bond donors (Lipinski definition) is 2. The average Bonchev–Trinajstić information content (AvgIpc) is 2.72. The van der Waals surface area contributed by atoms with Gasteiger partial charge in [-0.25, -0.2) is 5.53 Å². The van der Waals surface area contributed by atoms with Crippen LogP contribution in [0.25, 0.3) is 10.2 Å². The average molecular weight is 264 g/mol. The van der Waals surface area contributed by atoms with Crippen LogP contribution in [0.1, 0.15) is 19.8 Å². The molecule has 18 heavy (non-hydrogen) atoms. The molecular weight excluding hydrogens is 248 g/mol. The topological polar surface area (TPSA) is 73.7 Å². The van der Waals surface area contributed by atoms with Crippen molar-refractivity contribution in [1.29, 1.82) is 5.53 Å². The summed E-state index contributed by atoms with van der Waals surface area (Å²) in [7, 11) is 1.77. The van der Waals surface area contributed by atoms with Gasteiger partial charge in [0.15, 0.2) is 4.80 Å². The summed E-state index contributed by atoms with van der Waals surface area (Å²) >= 11 is 1.55. The zero-order valence-corrected chi connectivity index (χ0v) is 11.3. The first-order chi connectivity index (χ1) is 8.71. The lowest BCUT2D eigenvalue weighted by molar-refractivity contribution is 0.476. The number of aromatic hydroxyl groups is 1. The molecule has 1 heterocycles. The van der Waals surface area contributed by atoms with Gasteiger partial charge in [-0.1, -0.05) is 24.7 Å². The van der Waals surface area contributed by atoms with Crippen molar-refractivity contribution in [3.63, 3.8) is 0 Å². The van der Waals surface area contributed by atoms with Gasteiger partial charge in [0.05, 0.1) is 10.2 Å². The summed E-state index contributed by atoms with van der Waals surface area (Å²) in [6.45, 7) is 3.03. The van der Waals surface area contributed by atoms with Gasteiger partial charge in [0.1, 0.15) is 11.4 Å². The first kappa shape index (κ1) is 12.8. The van der Waals surface area contributed by atoms with Crippen LogP contribution in [-0.2, 0) is 6.54 Å². The van der Waals surface area contributed by atoms with Gasteiger partial charge in [-0.05, 0) is 12.5 Å². The predicted octanol–water partition coefficient (Wildman–Crippen LogP) is 3.40. The zero-order valence-electron chi connectivity index (χ0n) is 10.5. The number of fused-ring (bicyclic) bond motifs is 1. The highest BCUT2D eigenvalue weighted by atomic mass is 32.1. The monoisotopic (exact) mass is 264 g/mol. The molecule has 0 radical (unpaired) electrons. The predicted molar refractivity (Wildman–Crippen MR) is 72.7 cm³/mol. The Morgan fingerprint density at radius 1 is 1.44 bits per heavy atom. The molecule has 5 nitrogen and oxygen atoms in total. The molecule has 0 amide bonds. The van der Waals surface area contributed by atoms with Gasteiger partial charge in [0.25, 0.3) is 0 Å². The fraction of sp³-hybridized carbons (Fsp3) is 0.417. The lowest BCUT2D eigenvalue weighted by Crippen LogP contribution is -2.14. The van der Waals surface area contributed by atoms with E-state index in [1.807, 2.05) is 0 Å². The van der Waals surface area contributed by atoms with Crippen LogP contribution in [0.15, 0.2) is 22.2 Å². The smallest absolute Gasteiger partial charge is 0.185 e. The van der Waals surface area contributed by atoms with Crippen LogP contribution in [0.3, 0.4) is 0 Å². The molecule has 0 saturated heterocycles. The molecule has 96 valence electrons. The molecule has 0 spiro atoms. The van der Waals surface area contributed by atoms with Crippen molar-refractivity contribution in [1.82, 2.24) is 4.57 Å². The van der Waals surface area contributed by atoms with E-state index >= 15 is 0 Å². The van der Waals surface area contributed by atoms with Crippen molar-refractivity contribution < 1.29 is 5.11 Å². The van der Waals surface area contributed by atoms with Crippen molar-refractivity contribution >= 4 is 27.2 Å². The summed E-state index contributed by atoms with van der Waals surface area (Å²) < 4.78 is 3.10. The molecular formula is C12H16N4OS. The van der Waals surface area contributed by atoms with Crippen molar-refractivity contribution in [2.45, 2.75) is 26.3 Å². The Kier molecular flexibility index (Phi) is 3.76. The van der Waals surface area contributed by atoms with Gasteiger partial charge in [0.2, 0.25) is 0 Å². The molecule has 0 unspecified atom stereocenters. The summed E-state index contributed by atoms with van der Waals surface area (Å²) in [5.41, 5.74) is 8.27. The minimum absolute atomic E-state index is 0.0446. The largest absolute Gasteiger partial charge is 0.506 e. The van der Waals surface area contributed by atoms with Crippen LogP contribution in [-0.4, -0.2) is 16.7 Å². The number of thiazole rings is 1. The molecule has 6 heteroatoms. The van der Waals surface area contributed by atoms with E-state index in [9.17, 15) is 5.11 Å². The van der Waals surface area contributed by atoms with Crippen LogP contribution in [0.2, 0.25) is 0 Å². The van der Waals surface area contributed by atoms with Gasteiger partial charge in [-0.2, -0.15) is 5.11 Å². The highest BCUT2D eigenvalue weighted by Crippen LogP contribution is 2.32. The minimum Gasteiger partial charge on any atom is -0.506 e. The van der Waals surface area contributed by atoms with Crippen molar-refractivity contribution in [2.75, 3.05) is 7.05 Å².